The van der Waals surface area contributed by atoms with Crippen LogP contribution in [0.15, 0.2) is 18.6 Å². The van der Waals surface area contributed by atoms with Gasteiger partial charge in [-0.05, 0) is 26.2 Å². The van der Waals surface area contributed by atoms with Crippen LogP contribution >= 0.6 is 0 Å². The average molecular weight is 275 g/mol. The molecule has 6 heteroatoms. The summed E-state index contributed by atoms with van der Waals surface area (Å²) in [5.41, 5.74) is 2.34. The van der Waals surface area contributed by atoms with E-state index in [4.69, 9.17) is 4.74 Å². The van der Waals surface area contributed by atoms with Gasteiger partial charge in [-0.15, -0.1) is 0 Å². The van der Waals surface area contributed by atoms with E-state index in [0.29, 0.717) is 6.04 Å². The lowest BCUT2D eigenvalue weighted by molar-refractivity contribution is 0.174. The van der Waals surface area contributed by atoms with Crippen LogP contribution in [0.1, 0.15) is 30.5 Å². The third-order valence-electron chi connectivity index (χ3n) is 3.91. The average Bonchev–Trinajstić information content (AvgIpc) is 3.11. The van der Waals surface area contributed by atoms with E-state index in [-0.39, 0.29) is 6.10 Å². The monoisotopic (exact) mass is 275 g/mol. The van der Waals surface area contributed by atoms with Gasteiger partial charge in [-0.1, -0.05) is 0 Å². The SMILES string of the molecule is Cc1[nH]ncc1CN[C@H]1CCC[C@H]1Oc1cnn(C)c1. The highest BCUT2D eigenvalue weighted by Crippen LogP contribution is 2.24. The lowest BCUT2D eigenvalue weighted by Gasteiger charge is -2.21. The summed E-state index contributed by atoms with van der Waals surface area (Å²) < 4.78 is 7.81. The lowest BCUT2D eigenvalue weighted by atomic mass is 10.2. The third-order valence-corrected chi connectivity index (χ3v) is 3.91. The standard InChI is InChI=1S/C14H21N5O/c1-10-11(7-16-18-10)6-15-13-4-3-5-14(13)20-12-8-17-19(2)9-12/h7-9,13-15H,3-6H2,1-2H3,(H,16,18)/t13-,14+/m0/s1. The van der Waals surface area contributed by atoms with Crippen molar-refractivity contribution in [2.45, 2.75) is 44.9 Å². The van der Waals surface area contributed by atoms with Gasteiger partial charge in [0.2, 0.25) is 0 Å². The Morgan fingerprint density at radius 1 is 1.45 bits per heavy atom. The Labute approximate surface area is 118 Å². The van der Waals surface area contributed by atoms with Gasteiger partial charge in [0.1, 0.15) is 6.10 Å². The highest BCUT2D eigenvalue weighted by molar-refractivity contribution is 5.15. The minimum absolute atomic E-state index is 0.228. The van der Waals surface area contributed by atoms with Crippen molar-refractivity contribution in [2.24, 2.45) is 7.05 Å². The molecule has 0 amide bonds. The van der Waals surface area contributed by atoms with Crippen LogP contribution in [0.5, 0.6) is 5.75 Å². The summed E-state index contributed by atoms with van der Waals surface area (Å²) in [5.74, 6) is 0.852. The van der Waals surface area contributed by atoms with Crippen LogP contribution in [0, 0.1) is 6.92 Å². The summed E-state index contributed by atoms with van der Waals surface area (Å²) in [6.45, 7) is 2.88. The summed E-state index contributed by atoms with van der Waals surface area (Å²) in [5, 5.41) is 14.7. The minimum Gasteiger partial charge on any atom is -0.486 e. The number of H-pyrrole nitrogens is 1. The molecule has 20 heavy (non-hydrogen) atoms. The fourth-order valence-electron chi connectivity index (χ4n) is 2.73. The van der Waals surface area contributed by atoms with Crippen LogP contribution in [0.2, 0.25) is 0 Å². The Morgan fingerprint density at radius 2 is 2.35 bits per heavy atom. The predicted octanol–water partition coefficient (Wildman–Crippen LogP) is 1.54. The van der Waals surface area contributed by atoms with Crippen LogP contribution < -0.4 is 10.1 Å². The van der Waals surface area contributed by atoms with Gasteiger partial charge in [0.25, 0.3) is 0 Å². The van der Waals surface area contributed by atoms with E-state index in [2.05, 4.69) is 20.6 Å². The zero-order valence-electron chi connectivity index (χ0n) is 12.0. The molecule has 0 saturated heterocycles. The number of aromatic nitrogens is 4. The Hall–Kier alpha value is -1.82. The van der Waals surface area contributed by atoms with Gasteiger partial charge >= 0.3 is 0 Å². The van der Waals surface area contributed by atoms with Gasteiger partial charge in [0.05, 0.1) is 18.6 Å². The van der Waals surface area contributed by atoms with Gasteiger partial charge in [0.15, 0.2) is 5.75 Å². The van der Waals surface area contributed by atoms with Crippen molar-refractivity contribution in [1.29, 1.82) is 0 Å². The molecule has 0 radical (unpaired) electrons. The number of hydrogen-bond donors (Lipinski definition) is 2. The van der Waals surface area contributed by atoms with Crippen molar-refractivity contribution in [3.05, 3.63) is 29.8 Å². The lowest BCUT2D eigenvalue weighted by Crippen LogP contribution is -2.38. The van der Waals surface area contributed by atoms with Crippen molar-refractivity contribution in [3.63, 3.8) is 0 Å². The number of rotatable bonds is 5. The molecular formula is C14H21N5O. The van der Waals surface area contributed by atoms with Crippen molar-refractivity contribution in [3.8, 4) is 5.75 Å². The van der Waals surface area contributed by atoms with Gasteiger partial charge in [-0.25, -0.2) is 0 Å². The summed E-state index contributed by atoms with van der Waals surface area (Å²) >= 11 is 0. The van der Waals surface area contributed by atoms with Gasteiger partial charge in [0, 0.05) is 30.9 Å². The van der Waals surface area contributed by atoms with E-state index in [1.807, 2.05) is 26.4 Å². The molecule has 0 bridgehead atoms. The number of aryl methyl sites for hydroxylation is 2. The van der Waals surface area contributed by atoms with Crippen molar-refractivity contribution >= 4 is 0 Å². The first-order chi connectivity index (χ1) is 9.72. The highest BCUT2D eigenvalue weighted by Gasteiger charge is 2.29. The first-order valence-electron chi connectivity index (χ1n) is 7.10. The molecule has 108 valence electrons. The first-order valence-corrected chi connectivity index (χ1v) is 7.10. The molecule has 0 spiro atoms. The Kier molecular flexibility index (Phi) is 3.73. The highest BCUT2D eigenvalue weighted by atomic mass is 16.5. The number of nitrogens with one attached hydrogen (secondary N) is 2. The second kappa shape index (κ2) is 5.66. The molecule has 2 aromatic rings. The zero-order chi connectivity index (χ0) is 13.9. The Morgan fingerprint density at radius 3 is 3.05 bits per heavy atom. The predicted molar refractivity (Wildman–Crippen MR) is 75.4 cm³/mol. The number of nitrogens with zero attached hydrogens (tertiary/aromatic N) is 3. The molecule has 0 unspecified atom stereocenters. The van der Waals surface area contributed by atoms with Gasteiger partial charge in [-0.3, -0.25) is 9.78 Å². The van der Waals surface area contributed by atoms with Crippen molar-refractivity contribution in [2.75, 3.05) is 0 Å². The molecule has 0 aliphatic heterocycles. The molecule has 2 aromatic heterocycles. The smallest absolute Gasteiger partial charge is 0.157 e. The number of ether oxygens (including phenoxy) is 1. The largest absolute Gasteiger partial charge is 0.486 e. The molecule has 1 aliphatic carbocycles. The molecular weight excluding hydrogens is 254 g/mol. The second-order valence-corrected chi connectivity index (χ2v) is 5.44. The summed E-state index contributed by atoms with van der Waals surface area (Å²) in [6.07, 6.45) is 9.25. The van der Waals surface area contributed by atoms with E-state index in [1.165, 1.54) is 12.0 Å². The molecule has 0 aromatic carbocycles. The second-order valence-electron chi connectivity index (χ2n) is 5.44. The summed E-state index contributed by atoms with van der Waals surface area (Å²) in [4.78, 5) is 0. The zero-order valence-corrected chi connectivity index (χ0v) is 12.0. The topological polar surface area (TPSA) is 67.8 Å². The van der Waals surface area contributed by atoms with E-state index < -0.39 is 0 Å². The van der Waals surface area contributed by atoms with E-state index in [9.17, 15) is 0 Å². The maximum atomic E-state index is 6.04. The van der Waals surface area contributed by atoms with Crippen molar-refractivity contribution < 1.29 is 4.74 Å². The van der Waals surface area contributed by atoms with E-state index in [1.54, 1.807) is 10.9 Å². The van der Waals surface area contributed by atoms with E-state index >= 15 is 0 Å². The molecule has 2 N–H and O–H groups in total. The number of aromatic amines is 1. The molecule has 2 heterocycles. The Balaban J connectivity index is 1.57. The quantitative estimate of drug-likeness (QED) is 0.868. The maximum absolute atomic E-state index is 6.04. The molecule has 3 rings (SSSR count). The fraction of sp³-hybridized carbons (Fsp3) is 0.571. The third kappa shape index (κ3) is 2.85. The summed E-state index contributed by atoms with van der Waals surface area (Å²) in [7, 11) is 1.90. The molecule has 6 nitrogen and oxygen atoms in total. The first kappa shape index (κ1) is 13.2. The van der Waals surface area contributed by atoms with E-state index in [0.717, 1.165) is 30.8 Å². The molecule has 1 aliphatic rings. The van der Waals surface area contributed by atoms with Gasteiger partial charge < -0.3 is 10.1 Å². The van der Waals surface area contributed by atoms with Crippen molar-refractivity contribution in [1.82, 2.24) is 25.3 Å². The maximum Gasteiger partial charge on any atom is 0.157 e. The summed E-state index contributed by atoms with van der Waals surface area (Å²) in [6, 6.07) is 0.393. The van der Waals surface area contributed by atoms with Crippen LogP contribution in [-0.4, -0.2) is 32.1 Å². The van der Waals surface area contributed by atoms with Crippen LogP contribution in [-0.2, 0) is 13.6 Å². The fourth-order valence-corrected chi connectivity index (χ4v) is 2.73. The van der Waals surface area contributed by atoms with Gasteiger partial charge in [-0.2, -0.15) is 10.2 Å². The molecule has 2 atom stereocenters. The van der Waals surface area contributed by atoms with Crippen LogP contribution in [0.3, 0.4) is 0 Å². The van der Waals surface area contributed by atoms with Crippen LogP contribution in [0.4, 0.5) is 0 Å². The molecule has 1 fully saturated rings. The normalized spacial score (nSPS) is 22.3. The van der Waals surface area contributed by atoms with Crippen LogP contribution in [0.25, 0.3) is 0 Å². The Bertz CT molecular complexity index is 561. The number of hydrogen-bond acceptors (Lipinski definition) is 4. The minimum atomic E-state index is 0.228. The molecule has 1 saturated carbocycles.